The van der Waals surface area contributed by atoms with E-state index in [9.17, 15) is 10.1 Å². The molecule has 0 saturated carbocycles. The minimum absolute atomic E-state index is 0. The standard InChI is InChI=1S/C22H21N4.2C20H13N2.C17H18N2.C14H8N5O2.C13H8N5.3Ir/c1-3-11-17-15(7-1)9-5-13-19(17)21-23-25-22(26-24-21)20-14-6-10-16-8-2-4-12-18(16)20;1-2-12-22-20(8-1)19-7-3-5-16-13-15(9-10-18(16)19)17-6-4-11-21-14-17;1-2-4-16(5-3-1)20-19-7-6-17(14-18(19)10-13-22-20)15-8-11-21-12-9-15;1-13(2)14-7-6-8-15(11-14)19-12-18(3)16-9-4-5-10-17(16)19;20-19(21)12-8-6-11(7-9-12)14-17-15-13(16-18-14)10-4-2-1-3-5-10;1-2-6-10(7-3-1)12-15-17-13(18-16-12)11-8-4-5-9-14-11;;;/h5-6,9-10,13H,1-4,7-8,11-12H2;1-6,8-14H;1-4,6-14H;4-7,9-13H,1-3H3;1-6,8-9H;1-6,8-9H;;;/q3*-1;-2;2*-1;;;+3. The summed E-state index contributed by atoms with van der Waals surface area (Å²) in [7, 11) is 2.07. The fraction of sp³-hybridized carbons (Fsp3) is 0.113. The van der Waals surface area contributed by atoms with E-state index in [0.29, 0.717) is 46.3 Å². The van der Waals surface area contributed by atoms with E-state index in [1.807, 2.05) is 183 Å². The number of fused-ring (bicyclic) bond motifs is 5. The minimum atomic E-state index is -0.490. The van der Waals surface area contributed by atoms with Gasteiger partial charge in [-0.05, 0) is 161 Å². The molecule has 8 aromatic heterocycles. The minimum Gasteiger partial charge on any atom is -0.504 e. The summed E-state index contributed by atoms with van der Waals surface area (Å²) in [6.45, 7) is 6.54. The first-order valence-electron chi connectivity index (χ1n) is 42.0. The number of para-hydroxylation sites is 2. The van der Waals surface area contributed by atoms with Gasteiger partial charge in [-0.2, -0.15) is 61.0 Å². The summed E-state index contributed by atoms with van der Waals surface area (Å²) in [4.78, 5) is 35.8. The van der Waals surface area contributed by atoms with Gasteiger partial charge in [0.2, 0.25) is 17.5 Å². The van der Waals surface area contributed by atoms with Crippen molar-refractivity contribution in [1.29, 1.82) is 0 Å². The molecule has 22 nitrogen and oxygen atoms in total. The van der Waals surface area contributed by atoms with Crippen LogP contribution in [0, 0.1) is 53.2 Å². The Hall–Kier alpha value is -14.5. The molecule has 0 bridgehead atoms. The van der Waals surface area contributed by atoms with Crippen LogP contribution in [0.25, 0.3) is 135 Å². The summed E-state index contributed by atoms with van der Waals surface area (Å²) in [5, 5.41) is 65.0. The zero-order valence-corrected chi connectivity index (χ0v) is 78.4. The summed E-state index contributed by atoms with van der Waals surface area (Å²) in [5.41, 5.74) is 23.8. The molecule has 9 heterocycles. The second kappa shape index (κ2) is 45.4. The van der Waals surface area contributed by atoms with Gasteiger partial charge in [0, 0.05) is 111 Å². The second-order valence-corrected chi connectivity index (χ2v) is 30.4. The van der Waals surface area contributed by atoms with Gasteiger partial charge < -0.3 is 19.8 Å². The molecule has 0 N–H and O–H groups in total. The van der Waals surface area contributed by atoms with Crippen LogP contribution >= 0.6 is 0 Å². The Labute approximate surface area is 800 Å². The van der Waals surface area contributed by atoms with Crippen LogP contribution in [-0.2, 0) is 86.0 Å². The monoisotopic (exact) mass is 2240 g/mol. The van der Waals surface area contributed by atoms with Crippen LogP contribution in [0.5, 0.6) is 0 Å². The number of hydrogen-bond donors (Lipinski definition) is 0. The summed E-state index contributed by atoms with van der Waals surface area (Å²) >= 11 is 0. The van der Waals surface area contributed by atoms with Gasteiger partial charge in [0.15, 0.2) is 5.69 Å². The van der Waals surface area contributed by atoms with Crippen molar-refractivity contribution in [3.05, 3.63) is 409 Å². The van der Waals surface area contributed by atoms with E-state index >= 15 is 0 Å². The smallest absolute Gasteiger partial charge is 0.504 e. The average molecular weight is 2240 g/mol. The third-order valence-electron chi connectivity index (χ3n) is 21.8. The number of nitro groups is 1. The fourth-order valence-corrected chi connectivity index (χ4v) is 15.3. The molecule has 2 radical (unpaired) electrons. The molecule has 3 aliphatic rings. The Kier molecular flexibility index (Phi) is 32.1. The number of hydrogen-bond acceptors (Lipinski definition) is 21. The average Bonchev–Trinajstić information content (AvgIpc) is 1.75. The molecule has 0 fully saturated rings. The van der Waals surface area contributed by atoms with E-state index in [1.54, 1.807) is 18.5 Å². The van der Waals surface area contributed by atoms with Gasteiger partial charge in [-0.15, -0.1) is 190 Å². The van der Waals surface area contributed by atoms with Crippen molar-refractivity contribution >= 4 is 44.3 Å². The summed E-state index contributed by atoms with van der Waals surface area (Å²) < 4.78 is 0. The van der Waals surface area contributed by atoms with Crippen LogP contribution < -0.4 is 9.80 Å². The molecule has 11 aromatic carbocycles. The van der Waals surface area contributed by atoms with Crippen LogP contribution in [0.15, 0.2) is 328 Å². The first kappa shape index (κ1) is 92.6. The van der Waals surface area contributed by atoms with Crippen LogP contribution in [0.3, 0.4) is 0 Å². The van der Waals surface area contributed by atoms with Gasteiger partial charge in [0.1, 0.15) is 23.2 Å². The van der Waals surface area contributed by atoms with E-state index in [0.717, 1.165) is 92.5 Å². The Morgan fingerprint density at radius 1 is 0.389 bits per heavy atom. The van der Waals surface area contributed by atoms with Crippen molar-refractivity contribution in [2.24, 2.45) is 0 Å². The molecule has 648 valence electrons. The van der Waals surface area contributed by atoms with Crippen LogP contribution in [0.4, 0.5) is 22.7 Å². The third kappa shape index (κ3) is 23.0. The molecule has 0 saturated heterocycles. The molecule has 0 atom stereocenters. The molecular formula is C106H81Ir3N20O2-4. The molecule has 19 aromatic rings. The predicted octanol–water partition coefficient (Wildman–Crippen LogP) is 22.1. The number of rotatable bonds is 13. The molecule has 0 unspecified atom stereocenters. The van der Waals surface area contributed by atoms with Crippen molar-refractivity contribution in [3.8, 4) is 113 Å². The number of aryl methyl sites for hydroxylation is 2. The van der Waals surface area contributed by atoms with Gasteiger partial charge in [-0.1, -0.05) is 171 Å². The molecule has 131 heavy (non-hydrogen) atoms. The maximum atomic E-state index is 10.6. The fourth-order valence-electron chi connectivity index (χ4n) is 15.3. The number of benzene rings is 11. The van der Waals surface area contributed by atoms with E-state index < -0.39 is 4.92 Å². The van der Waals surface area contributed by atoms with Crippen molar-refractivity contribution in [1.82, 2.24) is 86.1 Å². The van der Waals surface area contributed by atoms with Gasteiger partial charge >= 0.3 is 20.1 Å². The van der Waals surface area contributed by atoms with Crippen molar-refractivity contribution in [3.63, 3.8) is 0 Å². The molecule has 2 aliphatic carbocycles. The van der Waals surface area contributed by atoms with Crippen LogP contribution in [0.1, 0.15) is 73.3 Å². The Balaban J connectivity index is 0.000000127. The maximum absolute atomic E-state index is 10.6. The van der Waals surface area contributed by atoms with Crippen LogP contribution in [0.2, 0.25) is 0 Å². The first-order chi connectivity index (χ1) is 63.1. The number of nitrogens with zero attached hydrogens (tertiary/aromatic N) is 20. The Morgan fingerprint density at radius 3 is 1.63 bits per heavy atom. The molecule has 1 aliphatic heterocycles. The molecule has 0 spiro atoms. The Bertz CT molecular complexity index is 6630. The van der Waals surface area contributed by atoms with E-state index in [-0.39, 0.29) is 71.8 Å². The molecule has 25 heteroatoms. The van der Waals surface area contributed by atoms with Gasteiger partial charge in [-0.25, -0.2) is 0 Å². The van der Waals surface area contributed by atoms with E-state index in [2.05, 4.69) is 269 Å². The number of anilines is 3. The number of pyridine rings is 5. The topological polar surface area (TPSA) is 269 Å². The largest absolute Gasteiger partial charge is 3.00 e. The zero-order chi connectivity index (χ0) is 87.2. The van der Waals surface area contributed by atoms with Gasteiger partial charge in [-0.3, -0.25) is 25.1 Å². The van der Waals surface area contributed by atoms with Crippen molar-refractivity contribution in [2.45, 2.75) is 71.1 Å². The SMILES string of the molecule is CC(C)c1cc[c-]c(N2[CH-]N(C)c3ccccc32)c1.O=[N+]([O-])c1c[c-]c(-c2nnc(-c3ccccc3)nn2)cc1.[Ir+3].[Ir].[Ir].[c-]1ccc2c(c1-c1nnc(-c3cccc4c3CCCC4)nn1)CCCC2.[c-]1ccc2cc(-c3cccnc3)ccc2c1-c1ccccn1.[c-]1ccccc1-c1nccc2cc(-c3ccncc3)ccc12.[c-]1ccccc1-c1nnc(-c2ccccn2)nn1. The predicted molar refractivity (Wildman–Crippen MR) is 499 cm³/mol. The second-order valence-electron chi connectivity index (χ2n) is 30.4. The molecular weight excluding hydrogens is 2160 g/mol. The quantitative estimate of drug-likeness (QED) is 0.0589. The summed E-state index contributed by atoms with van der Waals surface area (Å²) in [6, 6.07) is 112. The zero-order valence-electron chi connectivity index (χ0n) is 71.2. The number of non-ortho nitro benzene ring substituents is 1. The number of aromatic nitrogens is 17. The maximum Gasteiger partial charge on any atom is 3.00 e. The number of nitro benzene ring substituents is 1. The van der Waals surface area contributed by atoms with Gasteiger partial charge in [0.05, 0.1) is 0 Å². The van der Waals surface area contributed by atoms with E-state index in [1.165, 1.54) is 111 Å². The summed E-state index contributed by atoms with van der Waals surface area (Å²) in [6.07, 6.45) is 22.1. The van der Waals surface area contributed by atoms with Crippen molar-refractivity contribution in [2.75, 3.05) is 16.8 Å². The summed E-state index contributed by atoms with van der Waals surface area (Å²) in [5.74, 6) is 3.31. The van der Waals surface area contributed by atoms with Crippen LogP contribution in [-0.4, -0.2) is 98.1 Å². The third-order valence-corrected chi connectivity index (χ3v) is 21.8. The van der Waals surface area contributed by atoms with Crippen molar-refractivity contribution < 1.29 is 65.2 Å². The first-order valence-corrected chi connectivity index (χ1v) is 42.0. The Morgan fingerprint density at radius 2 is 0.969 bits per heavy atom. The van der Waals surface area contributed by atoms with E-state index in [4.69, 9.17) is 0 Å². The normalized spacial score (nSPS) is 11.9. The molecule has 0 amide bonds. The molecule has 22 rings (SSSR count). The van der Waals surface area contributed by atoms with Gasteiger partial charge in [0.25, 0.3) is 0 Å².